The van der Waals surface area contributed by atoms with Gasteiger partial charge in [0.1, 0.15) is 5.60 Å². The van der Waals surface area contributed by atoms with Gasteiger partial charge in [-0.15, -0.1) is 0 Å². The van der Waals surface area contributed by atoms with E-state index < -0.39 is 11.2 Å². The van der Waals surface area contributed by atoms with E-state index in [1.54, 1.807) is 25.3 Å². The van der Waals surface area contributed by atoms with E-state index in [1.165, 1.54) is 0 Å². The highest BCUT2D eigenvalue weighted by Crippen LogP contribution is 2.40. The summed E-state index contributed by atoms with van der Waals surface area (Å²) in [4.78, 5) is 16.5. The van der Waals surface area contributed by atoms with Gasteiger partial charge < -0.3 is 13.7 Å². The number of benzene rings is 1. The maximum Gasteiger partial charge on any atom is 0.344 e. The van der Waals surface area contributed by atoms with Gasteiger partial charge in [-0.05, 0) is 43.2 Å². The van der Waals surface area contributed by atoms with Crippen molar-refractivity contribution in [3.8, 4) is 11.7 Å². The highest BCUT2D eigenvalue weighted by molar-refractivity contribution is 5.83. The first-order valence-corrected chi connectivity index (χ1v) is 7.64. The molecular weight excluding hydrogens is 296 g/mol. The lowest BCUT2D eigenvalue weighted by atomic mass is 10.0. The summed E-state index contributed by atoms with van der Waals surface area (Å²) in [6.07, 6.45) is 3.87. The summed E-state index contributed by atoms with van der Waals surface area (Å²) in [5.74, 6) is 0.992. The molecule has 23 heavy (non-hydrogen) atoms. The molecule has 0 radical (unpaired) electrons. The third-order valence-electron chi connectivity index (χ3n) is 4.52. The van der Waals surface area contributed by atoms with Crippen molar-refractivity contribution < 1.29 is 13.7 Å². The molecule has 0 saturated heterocycles. The van der Waals surface area contributed by atoms with Crippen molar-refractivity contribution >= 4 is 10.8 Å². The van der Waals surface area contributed by atoms with E-state index in [2.05, 4.69) is 10.1 Å². The van der Waals surface area contributed by atoms with Crippen molar-refractivity contribution in [2.45, 2.75) is 31.3 Å². The van der Waals surface area contributed by atoms with Gasteiger partial charge in [-0.3, -0.25) is 0 Å². The molecule has 1 aromatic carbocycles. The highest BCUT2D eigenvalue weighted by Gasteiger charge is 2.40. The van der Waals surface area contributed by atoms with E-state index in [1.807, 2.05) is 12.1 Å². The Morgan fingerprint density at radius 3 is 2.78 bits per heavy atom. The van der Waals surface area contributed by atoms with Crippen LogP contribution in [0, 0.1) is 0 Å². The molecule has 6 heteroatoms. The van der Waals surface area contributed by atoms with Crippen LogP contribution in [-0.2, 0) is 10.3 Å². The monoisotopic (exact) mass is 312 g/mol. The Kier molecular flexibility index (Phi) is 3.27. The lowest BCUT2D eigenvalue weighted by Crippen LogP contribution is -2.25. The molecule has 0 atom stereocenters. The van der Waals surface area contributed by atoms with Crippen molar-refractivity contribution in [3.05, 3.63) is 46.6 Å². The third kappa shape index (κ3) is 2.26. The quantitative estimate of drug-likeness (QED) is 0.738. The maximum atomic E-state index is 12.1. The zero-order chi connectivity index (χ0) is 15.9. The van der Waals surface area contributed by atoms with Crippen molar-refractivity contribution in [1.82, 2.24) is 10.1 Å². The van der Waals surface area contributed by atoms with Crippen LogP contribution in [0.4, 0.5) is 0 Å². The molecule has 0 amide bonds. The van der Waals surface area contributed by atoms with E-state index in [0.717, 1.165) is 31.1 Å². The van der Waals surface area contributed by atoms with E-state index in [0.29, 0.717) is 11.2 Å². The molecule has 0 spiro atoms. The molecule has 1 fully saturated rings. The van der Waals surface area contributed by atoms with Gasteiger partial charge in [0.25, 0.3) is 5.89 Å². The number of ether oxygens (including phenoxy) is 1. The van der Waals surface area contributed by atoms with Crippen molar-refractivity contribution in [2.24, 2.45) is 0 Å². The van der Waals surface area contributed by atoms with Crippen LogP contribution in [0.5, 0.6) is 0 Å². The van der Waals surface area contributed by atoms with Gasteiger partial charge in [0.15, 0.2) is 5.76 Å². The predicted molar refractivity (Wildman–Crippen MR) is 82.9 cm³/mol. The van der Waals surface area contributed by atoms with Crippen molar-refractivity contribution in [3.63, 3.8) is 0 Å². The number of hydrogen-bond donors (Lipinski definition) is 0. The second kappa shape index (κ2) is 5.31. The van der Waals surface area contributed by atoms with Gasteiger partial charge in [0.05, 0.1) is 5.39 Å². The molecule has 0 aliphatic heterocycles. The van der Waals surface area contributed by atoms with Crippen LogP contribution in [0.15, 0.2) is 44.1 Å². The fraction of sp³-hybridized carbons (Fsp3) is 0.353. The highest BCUT2D eigenvalue weighted by atomic mass is 16.5. The minimum Gasteiger partial charge on any atom is -0.417 e. The summed E-state index contributed by atoms with van der Waals surface area (Å²) >= 11 is 0. The molecule has 0 bridgehead atoms. The van der Waals surface area contributed by atoms with Crippen LogP contribution in [0.3, 0.4) is 0 Å². The largest absolute Gasteiger partial charge is 0.417 e. The topological polar surface area (TPSA) is 78.4 Å². The Balaban J connectivity index is 1.79. The second-order valence-electron chi connectivity index (χ2n) is 5.81. The van der Waals surface area contributed by atoms with Crippen LogP contribution in [-0.4, -0.2) is 17.3 Å². The summed E-state index contributed by atoms with van der Waals surface area (Å²) in [5, 5.41) is 5.36. The Bertz CT molecular complexity index is 906. The molecule has 2 heterocycles. The average Bonchev–Trinajstić information content (AvgIpc) is 3.25. The van der Waals surface area contributed by atoms with E-state index >= 15 is 0 Å². The summed E-state index contributed by atoms with van der Waals surface area (Å²) in [6, 6.07) is 8.97. The summed E-state index contributed by atoms with van der Waals surface area (Å²) in [5.41, 5.74) is -0.904. The minimum atomic E-state index is -0.487. The van der Waals surface area contributed by atoms with E-state index in [-0.39, 0.29) is 11.7 Å². The van der Waals surface area contributed by atoms with Crippen LogP contribution in [0.2, 0.25) is 0 Å². The lowest BCUT2D eigenvalue weighted by Gasteiger charge is -2.22. The Morgan fingerprint density at radius 1 is 1.22 bits per heavy atom. The van der Waals surface area contributed by atoms with Gasteiger partial charge in [-0.25, -0.2) is 4.79 Å². The first kappa shape index (κ1) is 14.1. The first-order chi connectivity index (χ1) is 11.2. The van der Waals surface area contributed by atoms with Gasteiger partial charge in [0, 0.05) is 7.11 Å². The first-order valence-electron chi connectivity index (χ1n) is 7.64. The number of rotatable bonds is 3. The second-order valence-corrected chi connectivity index (χ2v) is 5.81. The molecule has 6 nitrogen and oxygen atoms in total. The smallest absolute Gasteiger partial charge is 0.344 e. The Hall–Kier alpha value is -2.47. The number of nitrogens with zero attached hydrogens (tertiary/aromatic N) is 2. The van der Waals surface area contributed by atoms with Crippen molar-refractivity contribution in [1.29, 1.82) is 0 Å². The number of methoxy groups -OCH3 is 1. The fourth-order valence-corrected chi connectivity index (χ4v) is 3.21. The zero-order valence-electron chi connectivity index (χ0n) is 12.7. The van der Waals surface area contributed by atoms with Gasteiger partial charge in [-0.1, -0.05) is 23.4 Å². The van der Waals surface area contributed by atoms with Crippen LogP contribution in [0.25, 0.3) is 22.4 Å². The van der Waals surface area contributed by atoms with Gasteiger partial charge in [-0.2, -0.15) is 4.98 Å². The molecule has 3 aromatic rings. The van der Waals surface area contributed by atoms with Crippen LogP contribution < -0.4 is 5.63 Å². The summed E-state index contributed by atoms with van der Waals surface area (Å²) < 4.78 is 16.3. The maximum absolute atomic E-state index is 12.1. The molecule has 1 saturated carbocycles. The standard InChI is InChI=1S/C17H16N2O4/c1-21-17(8-4-5-9-17)16-18-14(23-19-16)13-10-11-6-2-3-7-12(11)15(20)22-13/h2-3,6-7,10H,4-5,8-9H2,1H3. The van der Waals surface area contributed by atoms with E-state index in [4.69, 9.17) is 13.7 Å². The number of fused-ring (bicyclic) bond motifs is 1. The minimum absolute atomic E-state index is 0.200. The van der Waals surface area contributed by atoms with Gasteiger partial charge in [0.2, 0.25) is 5.82 Å². The fourth-order valence-electron chi connectivity index (χ4n) is 3.21. The summed E-state index contributed by atoms with van der Waals surface area (Å²) in [7, 11) is 1.66. The SMILES string of the molecule is COC1(c2noc(-c3cc4ccccc4c(=O)o3)n2)CCCC1. The number of aromatic nitrogens is 2. The zero-order valence-corrected chi connectivity index (χ0v) is 12.7. The molecule has 1 aliphatic carbocycles. The Morgan fingerprint density at radius 2 is 2.00 bits per heavy atom. The average molecular weight is 312 g/mol. The normalized spacial score (nSPS) is 16.9. The Labute approximate surface area is 132 Å². The molecular formula is C17H16N2O4. The molecule has 4 rings (SSSR count). The molecule has 1 aliphatic rings. The van der Waals surface area contributed by atoms with Crippen molar-refractivity contribution in [2.75, 3.05) is 7.11 Å². The van der Waals surface area contributed by atoms with Crippen LogP contribution in [0.1, 0.15) is 31.5 Å². The molecule has 2 aromatic heterocycles. The molecule has 0 N–H and O–H groups in total. The predicted octanol–water partition coefficient (Wildman–Crippen LogP) is 3.26. The van der Waals surface area contributed by atoms with Gasteiger partial charge >= 0.3 is 5.63 Å². The summed E-state index contributed by atoms with van der Waals surface area (Å²) in [6.45, 7) is 0. The number of hydrogen-bond acceptors (Lipinski definition) is 6. The molecule has 0 unspecified atom stereocenters. The van der Waals surface area contributed by atoms with E-state index in [9.17, 15) is 4.79 Å². The third-order valence-corrected chi connectivity index (χ3v) is 4.52. The lowest BCUT2D eigenvalue weighted by molar-refractivity contribution is -0.0178. The van der Waals surface area contributed by atoms with Crippen LogP contribution >= 0.6 is 0 Å². The molecule has 118 valence electrons.